The fraction of sp³-hybridized carbons (Fsp3) is 0.364. The summed E-state index contributed by atoms with van der Waals surface area (Å²) >= 11 is 2.48. The molecule has 3 aromatic rings. The first-order valence-corrected chi connectivity index (χ1v) is 12.3. The molecule has 11 heteroatoms. The van der Waals surface area contributed by atoms with Gasteiger partial charge in [-0.3, -0.25) is 14.2 Å². The van der Waals surface area contributed by atoms with Crippen molar-refractivity contribution in [1.29, 1.82) is 0 Å². The van der Waals surface area contributed by atoms with Gasteiger partial charge in [0.25, 0.3) is 0 Å². The van der Waals surface area contributed by atoms with Crippen LogP contribution in [0.15, 0.2) is 44.7 Å². The number of amides is 1. The lowest BCUT2D eigenvalue weighted by molar-refractivity contribution is -0.772. The van der Waals surface area contributed by atoms with E-state index in [4.69, 9.17) is 9.26 Å². The number of thiophene rings is 1. The number of aryl methyl sites for hydroxylation is 1. The summed E-state index contributed by atoms with van der Waals surface area (Å²) in [6.45, 7) is 4.35. The van der Waals surface area contributed by atoms with Crippen LogP contribution in [-0.4, -0.2) is 41.0 Å². The summed E-state index contributed by atoms with van der Waals surface area (Å²) in [7, 11) is 1.62. The van der Waals surface area contributed by atoms with Crippen LogP contribution in [0.1, 0.15) is 33.3 Å². The number of nitrogens with zero attached hydrogens (tertiary/aromatic N) is 2. The number of rotatable bonds is 8. The summed E-state index contributed by atoms with van der Waals surface area (Å²) in [5.41, 5.74) is 2.09. The number of esters is 1. The lowest BCUT2D eigenvalue weighted by Gasteiger charge is -2.27. The smallest absolute Gasteiger partial charge is 0.441 e. The van der Waals surface area contributed by atoms with Crippen molar-refractivity contribution >= 4 is 40.0 Å². The highest BCUT2D eigenvalue weighted by Gasteiger charge is 2.30. The third-order valence-electron chi connectivity index (χ3n) is 5.21. The van der Waals surface area contributed by atoms with Gasteiger partial charge in [0.1, 0.15) is 5.00 Å². The van der Waals surface area contributed by atoms with Gasteiger partial charge in [-0.2, -0.15) is 0 Å². The number of H-pyrrole nitrogens is 1. The number of aromatic amines is 1. The third kappa shape index (κ3) is 5.37. The predicted octanol–water partition coefficient (Wildman–Crippen LogP) is 2.32. The van der Waals surface area contributed by atoms with Crippen LogP contribution in [0.25, 0.3) is 0 Å². The van der Waals surface area contributed by atoms with Gasteiger partial charge in [0, 0.05) is 24.5 Å². The van der Waals surface area contributed by atoms with Crippen LogP contribution in [-0.2, 0) is 36.1 Å². The Hall–Kier alpha value is -2.89. The predicted molar refractivity (Wildman–Crippen MR) is 124 cm³/mol. The second-order valence-corrected chi connectivity index (χ2v) is 9.63. The molecule has 0 radical (unpaired) electrons. The van der Waals surface area contributed by atoms with Gasteiger partial charge in [-0.15, -0.1) is 11.3 Å². The topological polar surface area (TPSA) is 109 Å². The molecular formula is C22H25N4O5S2+. The molecule has 2 N–H and O–H groups in total. The molecule has 1 aromatic carbocycles. The Morgan fingerprint density at radius 1 is 1.33 bits per heavy atom. The monoisotopic (exact) mass is 489 g/mol. The molecule has 1 aliphatic heterocycles. The van der Waals surface area contributed by atoms with E-state index in [9.17, 15) is 14.4 Å². The maximum Gasteiger partial charge on any atom is 0.441 e. The highest BCUT2D eigenvalue weighted by atomic mass is 32.2. The average molecular weight is 490 g/mol. The lowest BCUT2D eigenvalue weighted by Crippen LogP contribution is -2.34. The molecule has 174 valence electrons. The van der Waals surface area contributed by atoms with Crippen molar-refractivity contribution in [1.82, 2.24) is 10.2 Å². The van der Waals surface area contributed by atoms with Crippen LogP contribution >= 0.6 is 23.1 Å². The van der Waals surface area contributed by atoms with Gasteiger partial charge in [-0.05, 0) is 41.5 Å². The summed E-state index contributed by atoms with van der Waals surface area (Å²) in [5.74, 6) is -0.737. The molecule has 33 heavy (non-hydrogen) atoms. The lowest BCUT2D eigenvalue weighted by atomic mass is 10.0. The SMILES string of the molecule is CCOC(=O)c1c(NC(=O)CSc2c(=O)o[nH][n+]2C)sc2c1CCN(Cc1ccccc1)C2. The van der Waals surface area contributed by atoms with Gasteiger partial charge in [0.2, 0.25) is 5.91 Å². The Morgan fingerprint density at radius 2 is 2.12 bits per heavy atom. The molecule has 0 saturated carbocycles. The molecule has 0 spiro atoms. The van der Waals surface area contributed by atoms with E-state index in [1.54, 1.807) is 14.0 Å². The number of benzene rings is 1. The fourth-order valence-corrected chi connectivity index (χ4v) is 5.75. The van der Waals surface area contributed by atoms with Crippen LogP contribution < -0.4 is 15.6 Å². The minimum absolute atomic E-state index is 0.00141. The van der Waals surface area contributed by atoms with E-state index in [1.165, 1.54) is 21.6 Å². The van der Waals surface area contributed by atoms with E-state index in [0.717, 1.165) is 35.3 Å². The average Bonchev–Trinajstić information content (AvgIpc) is 3.31. The van der Waals surface area contributed by atoms with Gasteiger partial charge in [-0.25, -0.2) is 9.59 Å². The number of aromatic nitrogens is 2. The van der Waals surface area contributed by atoms with Gasteiger partial charge >= 0.3 is 16.6 Å². The Balaban J connectivity index is 1.50. The molecule has 0 atom stereocenters. The highest BCUT2D eigenvalue weighted by molar-refractivity contribution is 7.99. The van der Waals surface area contributed by atoms with Gasteiger partial charge < -0.3 is 10.1 Å². The van der Waals surface area contributed by atoms with Crippen LogP contribution in [0.2, 0.25) is 0 Å². The van der Waals surface area contributed by atoms with Gasteiger partial charge in [-0.1, -0.05) is 35.0 Å². The minimum atomic E-state index is -0.535. The number of hydrogen-bond acceptors (Lipinski definition) is 8. The number of hydrogen-bond donors (Lipinski definition) is 2. The van der Waals surface area contributed by atoms with E-state index in [0.29, 0.717) is 23.5 Å². The Bertz CT molecular complexity index is 1200. The van der Waals surface area contributed by atoms with Crippen molar-refractivity contribution in [2.75, 3.05) is 24.2 Å². The molecule has 0 aliphatic carbocycles. The quantitative estimate of drug-likeness (QED) is 0.284. The number of carbonyl (C=O) groups excluding carboxylic acids is 2. The summed E-state index contributed by atoms with van der Waals surface area (Å²) in [4.78, 5) is 40.5. The van der Waals surface area contributed by atoms with Crippen molar-refractivity contribution in [2.24, 2.45) is 7.05 Å². The van der Waals surface area contributed by atoms with Crippen molar-refractivity contribution in [2.45, 2.75) is 31.5 Å². The second-order valence-electron chi connectivity index (χ2n) is 7.56. The molecule has 0 bridgehead atoms. The van der Waals surface area contributed by atoms with Gasteiger partial charge in [0.05, 0.1) is 17.9 Å². The summed E-state index contributed by atoms with van der Waals surface area (Å²) in [6.07, 6.45) is 0.706. The number of nitrogens with one attached hydrogen (secondary N) is 2. The Kier molecular flexibility index (Phi) is 7.31. The zero-order valence-electron chi connectivity index (χ0n) is 18.4. The molecule has 0 saturated heterocycles. The largest absolute Gasteiger partial charge is 0.462 e. The Labute approximate surface area is 198 Å². The van der Waals surface area contributed by atoms with Crippen LogP contribution in [0.5, 0.6) is 0 Å². The molecule has 3 heterocycles. The van der Waals surface area contributed by atoms with E-state index >= 15 is 0 Å². The van der Waals surface area contributed by atoms with E-state index in [1.807, 2.05) is 18.2 Å². The van der Waals surface area contributed by atoms with Gasteiger partial charge in [0.15, 0.2) is 7.05 Å². The Morgan fingerprint density at radius 3 is 2.82 bits per heavy atom. The standard InChI is InChI=1S/C22H24N4O5S2/c1-3-30-21(28)18-15-9-10-26(11-14-7-5-4-6-8-14)12-16(15)33-19(18)23-17(27)13-32-20-22(29)31-24-25(20)2/h4-8H,3,9-13H2,1-2H3,(H-,23,24,27,28,29)/p+1. The zero-order chi connectivity index (χ0) is 23.4. The summed E-state index contributed by atoms with van der Waals surface area (Å²) in [5, 5.41) is 6.06. The van der Waals surface area contributed by atoms with Crippen LogP contribution in [0.4, 0.5) is 5.00 Å². The molecule has 4 rings (SSSR count). The van der Waals surface area contributed by atoms with Crippen LogP contribution in [0, 0.1) is 0 Å². The summed E-state index contributed by atoms with van der Waals surface area (Å²) < 4.78 is 11.4. The van der Waals surface area contributed by atoms with E-state index in [2.05, 4.69) is 27.6 Å². The molecule has 1 amide bonds. The third-order valence-corrected chi connectivity index (χ3v) is 7.46. The van der Waals surface area contributed by atoms with Crippen molar-refractivity contribution < 1.29 is 23.5 Å². The normalized spacial score (nSPS) is 13.5. The maximum absolute atomic E-state index is 12.7. The zero-order valence-corrected chi connectivity index (χ0v) is 20.0. The number of ether oxygens (including phenoxy) is 1. The molecule has 0 fully saturated rings. The molecule has 9 nitrogen and oxygen atoms in total. The maximum atomic E-state index is 12.7. The molecule has 0 unspecified atom stereocenters. The fourth-order valence-electron chi connectivity index (χ4n) is 3.72. The molecule has 1 aliphatic rings. The summed E-state index contributed by atoms with van der Waals surface area (Å²) in [6, 6.07) is 10.2. The number of anilines is 1. The number of fused-ring (bicyclic) bond motifs is 1. The van der Waals surface area contributed by atoms with Crippen LogP contribution in [0.3, 0.4) is 0 Å². The second kappa shape index (κ2) is 10.4. The first kappa shape index (κ1) is 23.3. The molecule has 2 aromatic heterocycles. The highest BCUT2D eigenvalue weighted by Crippen LogP contribution is 2.38. The van der Waals surface area contributed by atoms with Crippen molar-refractivity contribution in [3.05, 3.63) is 62.3 Å². The van der Waals surface area contributed by atoms with Crippen molar-refractivity contribution in [3.63, 3.8) is 0 Å². The van der Waals surface area contributed by atoms with E-state index in [-0.39, 0.29) is 23.3 Å². The minimum Gasteiger partial charge on any atom is -0.462 e. The van der Waals surface area contributed by atoms with E-state index < -0.39 is 11.6 Å². The first-order valence-electron chi connectivity index (χ1n) is 10.5. The number of carbonyl (C=O) groups is 2. The first-order chi connectivity index (χ1) is 16.0. The molecular weight excluding hydrogens is 464 g/mol. The van der Waals surface area contributed by atoms with Crippen molar-refractivity contribution in [3.8, 4) is 0 Å². The number of thioether (sulfide) groups is 1.